The average Bonchev–Trinajstić information content (AvgIpc) is 3.55. The van der Waals surface area contributed by atoms with Crippen molar-refractivity contribution in [3.05, 3.63) is 59.5 Å². The zero-order valence-corrected chi connectivity index (χ0v) is 22.4. The van der Waals surface area contributed by atoms with Gasteiger partial charge in [-0.25, -0.2) is 23.1 Å². The van der Waals surface area contributed by atoms with Gasteiger partial charge in [-0.15, -0.1) is 10.2 Å². The number of rotatable bonds is 10. The van der Waals surface area contributed by atoms with Crippen molar-refractivity contribution in [1.82, 2.24) is 34.5 Å². The maximum absolute atomic E-state index is 13.6. The van der Waals surface area contributed by atoms with Crippen LogP contribution in [0.25, 0.3) is 17.2 Å². The van der Waals surface area contributed by atoms with Crippen LogP contribution < -0.4 is 9.47 Å². The van der Waals surface area contributed by atoms with E-state index in [1.807, 2.05) is 0 Å². The van der Waals surface area contributed by atoms with Crippen LogP contribution in [-0.2, 0) is 15.6 Å². The predicted molar refractivity (Wildman–Crippen MR) is 134 cm³/mol. The second kappa shape index (κ2) is 11.0. The van der Waals surface area contributed by atoms with E-state index in [4.69, 9.17) is 21.1 Å². The number of hydrogen-bond acceptors (Lipinski definition) is 9. The third-order valence-electron chi connectivity index (χ3n) is 6.04. The number of nitrogens with zero attached hydrogens (tertiary/aromatic N) is 7. The van der Waals surface area contributed by atoms with Crippen molar-refractivity contribution in [3.8, 4) is 28.7 Å². The summed E-state index contributed by atoms with van der Waals surface area (Å²) in [5.41, 5.74) is 0.335. The Bertz CT molecular complexity index is 1500. The number of alkyl halides is 2. The first-order valence-corrected chi connectivity index (χ1v) is 13.3. The molecule has 4 aromatic rings. The van der Waals surface area contributed by atoms with Crippen LogP contribution in [-0.4, -0.2) is 62.4 Å². The maximum atomic E-state index is 13.6. The molecule has 0 fully saturated rings. The molecule has 11 nitrogen and oxygen atoms in total. The van der Waals surface area contributed by atoms with Crippen LogP contribution in [0.5, 0.6) is 11.5 Å². The highest BCUT2D eigenvalue weighted by molar-refractivity contribution is 7.91. The zero-order chi connectivity index (χ0) is 27.6. The van der Waals surface area contributed by atoms with E-state index in [9.17, 15) is 17.2 Å². The van der Waals surface area contributed by atoms with Gasteiger partial charge in [0.05, 0.1) is 24.5 Å². The van der Waals surface area contributed by atoms with Crippen molar-refractivity contribution in [2.45, 2.75) is 37.3 Å². The van der Waals surface area contributed by atoms with Crippen LogP contribution in [0.2, 0.25) is 5.02 Å². The first kappa shape index (κ1) is 27.4. The van der Waals surface area contributed by atoms with Crippen molar-refractivity contribution < 1.29 is 26.7 Å². The quantitative estimate of drug-likeness (QED) is 0.278. The summed E-state index contributed by atoms with van der Waals surface area (Å²) in [5, 5.41) is 11.5. The summed E-state index contributed by atoms with van der Waals surface area (Å²) in [4.78, 5) is 8.29. The lowest BCUT2D eigenvalue weighted by Crippen LogP contribution is -2.27. The Labute approximate surface area is 222 Å². The highest BCUT2D eigenvalue weighted by Crippen LogP contribution is 2.37. The highest BCUT2D eigenvalue weighted by Gasteiger charge is 2.33. The smallest absolute Gasteiger partial charge is 0.333 e. The minimum atomic E-state index is -3.88. The number of halogens is 3. The van der Waals surface area contributed by atoms with Gasteiger partial charge in [0.25, 0.3) is 0 Å². The molecular weight excluding hydrogens is 544 g/mol. The minimum Gasteiger partial charge on any atom is -0.494 e. The third kappa shape index (κ3) is 5.31. The summed E-state index contributed by atoms with van der Waals surface area (Å²) in [6, 6.07) is 6.29. The Kier molecular flexibility index (Phi) is 7.92. The molecule has 3 aromatic heterocycles. The SMILES string of the molecule is COc1cccc(OC)c1-n1c(CS(=O)(=O)[C@@H](C)[C@H](C)c2ncc(Cl)cn2)nnc1-c1ccn(C(F)F)n1. The van der Waals surface area contributed by atoms with Gasteiger partial charge in [0.2, 0.25) is 0 Å². The van der Waals surface area contributed by atoms with Gasteiger partial charge in [-0.1, -0.05) is 24.6 Å². The Hall–Kier alpha value is -3.65. The highest BCUT2D eigenvalue weighted by atomic mass is 35.5. The van der Waals surface area contributed by atoms with E-state index < -0.39 is 33.3 Å². The Morgan fingerprint density at radius 2 is 1.66 bits per heavy atom. The van der Waals surface area contributed by atoms with E-state index in [0.717, 1.165) is 6.20 Å². The van der Waals surface area contributed by atoms with E-state index in [1.165, 1.54) is 37.2 Å². The predicted octanol–water partition coefficient (Wildman–Crippen LogP) is 4.09. The molecule has 0 N–H and O–H groups in total. The number of aromatic nitrogens is 7. The largest absolute Gasteiger partial charge is 0.494 e. The van der Waals surface area contributed by atoms with Gasteiger partial charge >= 0.3 is 6.55 Å². The average molecular weight is 568 g/mol. The van der Waals surface area contributed by atoms with Gasteiger partial charge in [0.15, 0.2) is 21.5 Å². The minimum absolute atomic E-state index is 0.00507. The van der Waals surface area contributed by atoms with Crippen molar-refractivity contribution >= 4 is 21.4 Å². The van der Waals surface area contributed by atoms with Gasteiger partial charge in [-0.3, -0.25) is 4.57 Å². The fraction of sp³-hybridized carbons (Fsp3) is 0.348. The molecule has 4 rings (SSSR count). The Balaban J connectivity index is 1.82. The number of hydrogen-bond donors (Lipinski definition) is 0. The molecule has 0 aliphatic heterocycles. The monoisotopic (exact) mass is 567 g/mol. The first-order chi connectivity index (χ1) is 18.1. The van der Waals surface area contributed by atoms with Crippen molar-refractivity contribution in [1.29, 1.82) is 0 Å². The second-order valence-electron chi connectivity index (χ2n) is 8.31. The summed E-state index contributed by atoms with van der Waals surface area (Å²) in [6.45, 7) is 0.369. The van der Waals surface area contributed by atoms with E-state index >= 15 is 0 Å². The molecule has 0 saturated carbocycles. The molecule has 1 aromatic carbocycles. The van der Waals surface area contributed by atoms with E-state index in [-0.39, 0.29) is 23.0 Å². The van der Waals surface area contributed by atoms with Gasteiger partial charge in [0.1, 0.15) is 34.5 Å². The third-order valence-corrected chi connectivity index (χ3v) is 8.44. The van der Waals surface area contributed by atoms with Gasteiger partial charge in [0, 0.05) is 24.5 Å². The molecule has 0 saturated heterocycles. The number of benzene rings is 1. The fourth-order valence-electron chi connectivity index (χ4n) is 3.82. The zero-order valence-electron chi connectivity index (χ0n) is 20.8. The molecular formula is C23H24ClF2N7O4S. The lowest BCUT2D eigenvalue weighted by Gasteiger charge is -2.20. The topological polar surface area (TPSA) is 127 Å². The van der Waals surface area contributed by atoms with Crippen LogP contribution in [0.4, 0.5) is 8.78 Å². The summed E-state index contributed by atoms with van der Waals surface area (Å²) in [5.74, 6) is -0.144. The maximum Gasteiger partial charge on any atom is 0.333 e. The Morgan fingerprint density at radius 3 is 2.21 bits per heavy atom. The standard InChI is InChI=1S/C23H24ClF2N7O4S/c1-13(21-27-10-15(24)11-28-21)14(2)38(34,35)12-19-29-30-22(16-8-9-32(31-16)23(25)26)33(19)20-17(36-3)6-5-7-18(20)37-4/h5-11,13-14,23H,12H2,1-4H3/t13-,14-/m0/s1. The van der Waals surface area contributed by atoms with E-state index in [2.05, 4.69) is 25.3 Å². The van der Waals surface area contributed by atoms with Gasteiger partial charge in [-0.2, -0.15) is 13.9 Å². The molecule has 0 bridgehead atoms. The molecule has 0 unspecified atom stereocenters. The van der Waals surface area contributed by atoms with Crippen LogP contribution >= 0.6 is 11.6 Å². The number of ether oxygens (including phenoxy) is 2. The molecule has 3 heterocycles. The number of methoxy groups -OCH3 is 2. The lowest BCUT2D eigenvalue weighted by molar-refractivity contribution is 0.0568. The molecule has 0 spiro atoms. The van der Waals surface area contributed by atoms with E-state index in [0.29, 0.717) is 27.0 Å². The Morgan fingerprint density at radius 1 is 1.03 bits per heavy atom. The van der Waals surface area contributed by atoms with Crippen LogP contribution in [0.15, 0.2) is 42.9 Å². The summed E-state index contributed by atoms with van der Waals surface area (Å²) >= 11 is 5.86. The molecule has 15 heteroatoms. The summed E-state index contributed by atoms with van der Waals surface area (Å²) < 4.78 is 66.5. The molecule has 0 amide bonds. The number of sulfone groups is 1. The van der Waals surface area contributed by atoms with Gasteiger partial charge < -0.3 is 9.47 Å². The molecule has 0 aliphatic carbocycles. The van der Waals surface area contributed by atoms with Gasteiger partial charge in [-0.05, 0) is 25.1 Å². The molecule has 202 valence electrons. The van der Waals surface area contributed by atoms with Crippen molar-refractivity contribution in [3.63, 3.8) is 0 Å². The first-order valence-electron chi connectivity index (χ1n) is 11.3. The second-order valence-corrected chi connectivity index (χ2v) is 11.1. The summed E-state index contributed by atoms with van der Waals surface area (Å²) in [7, 11) is -1.02. The van der Waals surface area contributed by atoms with Crippen molar-refractivity contribution in [2.24, 2.45) is 0 Å². The molecule has 0 aliphatic rings. The summed E-state index contributed by atoms with van der Waals surface area (Å²) in [6.07, 6.45) is 3.88. The number of para-hydroxylation sites is 1. The van der Waals surface area contributed by atoms with Crippen LogP contribution in [0.3, 0.4) is 0 Å². The molecule has 38 heavy (non-hydrogen) atoms. The van der Waals surface area contributed by atoms with E-state index in [1.54, 1.807) is 32.0 Å². The lowest BCUT2D eigenvalue weighted by atomic mass is 10.1. The normalized spacial score (nSPS) is 13.5. The van der Waals surface area contributed by atoms with Crippen LogP contribution in [0.1, 0.15) is 38.0 Å². The fourth-order valence-corrected chi connectivity index (χ4v) is 5.47. The van der Waals surface area contributed by atoms with Crippen LogP contribution in [0, 0.1) is 0 Å². The molecule has 2 atom stereocenters. The molecule has 0 radical (unpaired) electrons. The van der Waals surface area contributed by atoms with Crippen molar-refractivity contribution in [2.75, 3.05) is 14.2 Å².